The van der Waals surface area contributed by atoms with Crippen molar-refractivity contribution in [2.24, 2.45) is 5.92 Å². The fraction of sp³-hybridized carbons (Fsp3) is 0.412. The SMILES string of the molecule is Fc1cnc(C2=CNC3NC=C(Cl)C=C23)nc1NC[C@H]1CCCNC1. The van der Waals surface area contributed by atoms with Gasteiger partial charge in [-0.3, -0.25) is 0 Å². The number of allylic oxidation sites excluding steroid dienone is 2. The Morgan fingerprint density at radius 1 is 1.32 bits per heavy atom. The van der Waals surface area contributed by atoms with E-state index < -0.39 is 5.82 Å². The lowest BCUT2D eigenvalue weighted by Gasteiger charge is -2.23. The Labute approximate surface area is 150 Å². The summed E-state index contributed by atoms with van der Waals surface area (Å²) in [6.45, 7) is 2.71. The summed E-state index contributed by atoms with van der Waals surface area (Å²) in [5.74, 6) is 0.757. The lowest BCUT2D eigenvalue weighted by atomic mass is 10.00. The van der Waals surface area contributed by atoms with Crippen LogP contribution in [0.5, 0.6) is 0 Å². The maximum atomic E-state index is 14.1. The summed E-state index contributed by atoms with van der Waals surface area (Å²) in [5, 5.41) is 13.5. The number of hydrogen-bond donors (Lipinski definition) is 4. The number of rotatable bonds is 4. The second kappa shape index (κ2) is 7.01. The summed E-state index contributed by atoms with van der Waals surface area (Å²) >= 11 is 6.08. The molecule has 3 aliphatic heterocycles. The van der Waals surface area contributed by atoms with E-state index in [1.54, 1.807) is 6.20 Å². The van der Waals surface area contributed by atoms with Crippen LogP contribution >= 0.6 is 11.6 Å². The third-order valence-electron chi connectivity index (χ3n) is 4.64. The van der Waals surface area contributed by atoms with Gasteiger partial charge in [0, 0.05) is 30.1 Å². The molecule has 8 heteroatoms. The fourth-order valence-electron chi connectivity index (χ4n) is 3.30. The first kappa shape index (κ1) is 16.4. The van der Waals surface area contributed by atoms with Crippen molar-refractivity contribution in [2.75, 3.05) is 25.0 Å². The molecule has 0 aliphatic carbocycles. The first-order valence-corrected chi connectivity index (χ1v) is 8.86. The number of nitrogens with zero attached hydrogens (tertiary/aromatic N) is 2. The van der Waals surface area contributed by atoms with Crippen LogP contribution < -0.4 is 21.3 Å². The van der Waals surface area contributed by atoms with Crippen LogP contribution in [0.15, 0.2) is 35.3 Å². The van der Waals surface area contributed by atoms with Crippen LogP contribution in [0.1, 0.15) is 18.7 Å². The lowest BCUT2D eigenvalue weighted by Crippen LogP contribution is -2.36. The Balaban J connectivity index is 1.52. The molecule has 3 aliphatic rings. The molecule has 1 fully saturated rings. The molecular formula is C17H20ClFN6. The maximum absolute atomic E-state index is 14.1. The maximum Gasteiger partial charge on any atom is 0.183 e. The van der Waals surface area contributed by atoms with Crippen molar-refractivity contribution in [2.45, 2.75) is 19.0 Å². The van der Waals surface area contributed by atoms with E-state index in [1.807, 2.05) is 12.3 Å². The summed E-state index contributed by atoms with van der Waals surface area (Å²) in [6.07, 6.45) is 8.87. The number of dihydropyridines is 1. The van der Waals surface area contributed by atoms with Crippen molar-refractivity contribution in [1.82, 2.24) is 25.9 Å². The molecule has 6 nitrogen and oxygen atoms in total. The van der Waals surface area contributed by atoms with Crippen LogP contribution in [-0.4, -0.2) is 35.8 Å². The van der Waals surface area contributed by atoms with Gasteiger partial charge in [-0.05, 0) is 37.9 Å². The Morgan fingerprint density at radius 3 is 3.04 bits per heavy atom. The molecule has 1 saturated heterocycles. The number of aromatic nitrogens is 2. The topological polar surface area (TPSA) is 73.9 Å². The molecule has 2 atom stereocenters. The molecule has 132 valence electrons. The highest BCUT2D eigenvalue weighted by Crippen LogP contribution is 2.31. The van der Waals surface area contributed by atoms with Crippen molar-refractivity contribution in [3.05, 3.63) is 46.9 Å². The van der Waals surface area contributed by atoms with E-state index in [9.17, 15) is 4.39 Å². The average Bonchev–Trinajstić information content (AvgIpc) is 3.05. The van der Waals surface area contributed by atoms with Gasteiger partial charge in [0.25, 0.3) is 0 Å². The van der Waals surface area contributed by atoms with Gasteiger partial charge in [0.15, 0.2) is 17.5 Å². The van der Waals surface area contributed by atoms with Gasteiger partial charge in [0.2, 0.25) is 0 Å². The quantitative estimate of drug-likeness (QED) is 0.655. The molecule has 1 unspecified atom stereocenters. The van der Waals surface area contributed by atoms with Crippen molar-refractivity contribution in [1.29, 1.82) is 0 Å². The number of fused-ring (bicyclic) bond motifs is 1. The fourth-order valence-corrected chi connectivity index (χ4v) is 3.48. The van der Waals surface area contributed by atoms with Gasteiger partial charge in [0.1, 0.15) is 6.17 Å². The number of nitrogens with one attached hydrogen (secondary N) is 4. The normalized spacial score (nSPS) is 25.1. The van der Waals surface area contributed by atoms with Crippen LogP contribution in [0.25, 0.3) is 5.57 Å². The predicted octanol–water partition coefficient (Wildman–Crippen LogP) is 1.91. The average molecular weight is 363 g/mol. The minimum atomic E-state index is -0.440. The highest BCUT2D eigenvalue weighted by Gasteiger charge is 2.27. The van der Waals surface area contributed by atoms with E-state index >= 15 is 0 Å². The molecule has 25 heavy (non-hydrogen) atoms. The largest absolute Gasteiger partial charge is 0.367 e. The minimum Gasteiger partial charge on any atom is -0.367 e. The monoisotopic (exact) mass is 362 g/mol. The summed E-state index contributed by atoms with van der Waals surface area (Å²) in [4.78, 5) is 8.55. The summed E-state index contributed by atoms with van der Waals surface area (Å²) in [6, 6.07) is 0. The third-order valence-corrected chi connectivity index (χ3v) is 4.86. The van der Waals surface area contributed by atoms with Gasteiger partial charge in [0.05, 0.1) is 11.2 Å². The zero-order valence-corrected chi connectivity index (χ0v) is 14.4. The van der Waals surface area contributed by atoms with Crippen LogP contribution in [0.2, 0.25) is 0 Å². The molecule has 4 N–H and O–H groups in total. The number of piperidine rings is 1. The Bertz CT molecular complexity index is 754. The summed E-state index contributed by atoms with van der Waals surface area (Å²) < 4.78 is 14.1. The Morgan fingerprint density at radius 2 is 2.20 bits per heavy atom. The molecular weight excluding hydrogens is 343 g/mol. The zero-order valence-electron chi connectivity index (χ0n) is 13.6. The third kappa shape index (κ3) is 3.48. The highest BCUT2D eigenvalue weighted by molar-refractivity contribution is 6.31. The van der Waals surface area contributed by atoms with Crippen molar-refractivity contribution >= 4 is 23.0 Å². The molecule has 1 aromatic heterocycles. The van der Waals surface area contributed by atoms with Gasteiger partial charge in [-0.1, -0.05) is 11.6 Å². The lowest BCUT2D eigenvalue weighted by molar-refractivity contribution is 0.392. The smallest absolute Gasteiger partial charge is 0.183 e. The van der Waals surface area contributed by atoms with E-state index in [0.717, 1.165) is 37.1 Å². The first-order chi connectivity index (χ1) is 12.2. The second-order valence-electron chi connectivity index (χ2n) is 6.44. The van der Waals surface area contributed by atoms with Gasteiger partial charge in [-0.2, -0.15) is 0 Å². The Hall–Kier alpha value is -2.12. The molecule has 4 rings (SSSR count). The van der Waals surface area contributed by atoms with E-state index in [-0.39, 0.29) is 12.0 Å². The van der Waals surface area contributed by atoms with E-state index in [2.05, 4.69) is 31.2 Å². The van der Waals surface area contributed by atoms with Gasteiger partial charge in [-0.25, -0.2) is 14.4 Å². The molecule has 0 saturated carbocycles. The van der Waals surface area contributed by atoms with E-state index in [4.69, 9.17) is 11.6 Å². The Kier molecular flexibility index (Phi) is 4.59. The second-order valence-corrected chi connectivity index (χ2v) is 6.87. The van der Waals surface area contributed by atoms with Crippen LogP contribution in [0.3, 0.4) is 0 Å². The van der Waals surface area contributed by atoms with E-state index in [0.29, 0.717) is 23.3 Å². The van der Waals surface area contributed by atoms with Crippen molar-refractivity contribution in [3.63, 3.8) is 0 Å². The van der Waals surface area contributed by atoms with Gasteiger partial charge >= 0.3 is 0 Å². The van der Waals surface area contributed by atoms with Gasteiger partial charge in [-0.15, -0.1) is 0 Å². The number of anilines is 1. The van der Waals surface area contributed by atoms with Crippen LogP contribution in [0, 0.1) is 11.7 Å². The molecule has 0 spiro atoms. The first-order valence-electron chi connectivity index (χ1n) is 8.48. The zero-order chi connectivity index (χ0) is 17.2. The minimum absolute atomic E-state index is 0.0594. The van der Waals surface area contributed by atoms with Gasteiger partial charge < -0.3 is 21.3 Å². The summed E-state index contributed by atoms with van der Waals surface area (Å²) in [7, 11) is 0. The number of halogens is 2. The standard InChI is InChI=1S/C17H20ClFN6/c18-11-4-12-13(8-23-15(12)22-7-11)16-24-9-14(19)17(25-16)21-6-10-2-1-3-20-5-10/h4,7-10,15,20,22-23H,1-3,5-6H2,(H,21,24,25)/t10-,15?/m0/s1. The molecule has 0 amide bonds. The molecule has 0 bridgehead atoms. The van der Waals surface area contributed by atoms with Crippen LogP contribution in [0.4, 0.5) is 10.2 Å². The predicted molar refractivity (Wildman–Crippen MR) is 96.1 cm³/mol. The highest BCUT2D eigenvalue weighted by atomic mass is 35.5. The van der Waals surface area contributed by atoms with Crippen LogP contribution in [-0.2, 0) is 0 Å². The summed E-state index contributed by atoms with van der Waals surface area (Å²) in [5.41, 5.74) is 1.76. The molecule has 4 heterocycles. The molecule has 0 aromatic carbocycles. The van der Waals surface area contributed by atoms with E-state index in [1.165, 1.54) is 6.20 Å². The number of hydrogen-bond acceptors (Lipinski definition) is 6. The van der Waals surface area contributed by atoms with Crippen molar-refractivity contribution < 1.29 is 4.39 Å². The van der Waals surface area contributed by atoms with Crippen molar-refractivity contribution in [3.8, 4) is 0 Å². The molecule has 0 radical (unpaired) electrons. The molecule has 1 aromatic rings.